The molecular formula is C25H30F3N5O2. The zero-order valence-electron chi connectivity index (χ0n) is 20.4. The van der Waals surface area contributed by atoms with Gasteiger partial charge in [-0.25, -0.2) is 4.98 Å². The topological polar surface area (TPSA) is 75.4 Å². The van der Waals surface area contributed by atoms with E-state index >= 15 is 0 Å². The van der Waals surface area contributed by atoms with Crippen molar-refractivity contribution in [2.75, 3.05) is 31.1 Å². The lowest BCUT2D eigenvalue weighted by Crippen LogP contribution is -2.49. The zero-order valence-corrected chi connectivity index (χ0v) is 20.4. The molecule has 0 radical (unpaired) electrons. The molecule has 3 heterocycles. The van der Waals surface area contributed by atoms with Crippen molar-refractivity contribution in [3.05, 3.63) is 35.7 Å². The first-order chi connectivity index (χ1) is 16.5. The summed E-state index contributed by atoms with van der Waals surface area (Å²) >= 11 is 0. The van der Waals surface area contributed by atoms with E-state index in [-0.39, 0.29) is 28.3 Å². The molecule has 1 aromatic carbocycles. The van der Waals surface area contributed by atoms with Gasteiger partial charge < -0.3 is 14.3 Å². The normalized spacial score (nSPS) is 15.2. The standard InChI is InChI=1S/C25H30F3N5O2/c1-5-7-18-29-22(33-12-10-32(11-13-33)19(34)15-24(2,3)4)20-21(31-35-23(20)30-18)16-8-6-9-17(14-16)25(26,27)28/h6,8-9,14H,5,7,10-13,15H2,1-4H3. The fourth-order valence-electron chi connectivity index (χ4n) is 4.22. The molecule has 4 rings (SSSR count). The van der Waals surface area contributed by atoms with Crippen molar-refractivity contribution in [1.82, 2.24) is 20.0 Å². The molecular weight excluding hydrogens is 459 g/mol. The first-order valence-electron chi connectivity index (χ1n) is 11.8. The third kappa shape index (κ3) is 5.57. The van der Waals surface area contributed by atoms with E-state index in [2.05, 4.69) is 10.1 Å². The SMILES string of the molecule is CCCc1nc(N2CCN(C(=O)CC(C)(C)C)CC2)c2c(-c3cccc(C(F)(F)F)c3)noc2n1. The van der Waals surface area contributed by atoms with Crippen LogP contribution in [0, 0.1) is 5.41 Å². The molecule has 35 heavy (non-hydrogen) atoms. The number of hydrogen-bond acceptors (Lipinski definition) is 6. The first-order valence-corrected chi connectivity index (χ1v) is 11.8. The highest BCUT2D eigenvalue weighted by atomic mass is 19.4. The number of anilines is 1. The second-order valence-electron chi connectivity index (χ2n) is 10.1. The lowest BCUT2D eigenvalue weighted by molar-refractivity contribution is -0.137. The molecule has 1 amide bonds. The fraction of sp³-hybridized carbons (Fsp3) is 0.520. The van der Waals surface area contributed by atoms with E-state index in [1.165, 1.54) is 6.07 Å². The summed E-state index contributed by atoms with van der Waals surface area (Å²) in [7, 11) is 0. The van der Waals surface area contributed by atoms with Crippen LogP contribution in [0.25, 0.3) is 22.4 Å². The Kier molecular flexibility index (Phi) is 6.75. The Morgan fingerprint density at radius 3 is 2.43 bits per heavy atom. The zero-order chi connectivity index (χ0) is 25.4. The minimum absolute atomic E-state index is 0.0929. The summed E-state index contributed by atoms with van der Waals surface area (Å²) in [5, 5.41) is 4.58. The van der Waals surface area contributed by atoms with Gasteiger partial charge in [-0.1, -0.05) is 45.0 Å². The molecule has 0 unspecified atom stereocenters. The van der Waals surface area contributed by atoms with Crippen LogP contribution in [0.15, 0.2) is 28.8 Å². The van der Waals surface area contributed by atoms with E-state index in [1.54, 1.807) is 6.07 Å². The number of hydrogen-bond donors (Lipinski definition) is 0. The van der Waals surface area contributed by atoms with Gasteiger partial charge in [-0.05, 0) is 24.0 Å². The van der Waals surface area contributed by atoms with Gasteiger partial charge >= 0.3 is 6.18 Å². The number of alkyl halides is 3. The number of aryl methyl sites for hydroxylation is 1. The van der Waals surface area contributed by atoms with Crippen molar-refractivity contribution in [2.45, 2.75) is 53.1 Å². The number of fused-ring (bicyclic) bond motifs is 1. The summed E-state index contributed by atoms with van der Waals surface area (Å²) in [5.74, 6) is 1.29. The van der Waals surface area contributed by atoms with Gasteiger partial charge in [0, 0.05) is 44.6 Å². The van der Waals surface area contributed by atoms with E-state index < -0.39 is 11.7 Å². The highest BCUT2D eigenvalue weighted by molar-refractivity contribution is 5.98. The molecule has 3 aromatic rings. The van der Waals surface area contributed by atoms with Crippen molar-refractivity contribution < 1.29 is 22.5 Å². The minimum Gasteiger partial charge on any atom is -0.352 e. The second kappa shape index (κ2) is 9.47. The van der Waals surface area contributed by atoms with Crippen molar-refractivity contribution in [2.24, 2.45) is 5.41 Å². The summed E-state index contributed by atoms with van der Waals surface area (Å²) < 4.78 is 45.5. The molecule has 188 valence electrons. The molecule has 1 aliphatic rings. The predicted molar refractivity (Wildman–Crippen MR) is 127 cm³/mol. The maximum absolute atomic E-state index is 13.3. The second-order valence-corrected chi connectivity index (χ2v) is 10.1. The number of carbonyl (C=O) groups excluding carboxylic acids is 1. The molecule has 0 atom stereocenters. The number of rotatable bonds is 5. The van der Waals surface area contributed by atoms with E-state index in [4.69, 9.17) is 9.51 Å². The summed E-state index contributed by atoms with van der Waals surface area (Å²) in [4.78, 5) is 25.8. The Labute approximate surface area is 202 Å². The van der Waals surface area contributed by atoms with E-state index in [9.17, 15) is 18.0 Å². The van der Waals surface area contributed by atoms with Crippen LogP contribution in [-0.4, -0.2) is 52.1 Å². The third-order valence-corrected chi connectivity index (χ3v) is 5.91. The number of carbonyl (C=O) groups is 1. The monoisotopic (exact) mass is 489 g/mol. The smallest absolute Gasteiger partial charge is 0.352 e. The number of nitrogens with zero attached hydrogens (tertiary/aromatic N) is 5. The van der Waals surface area contributed by atoms with Gasteiger partial charge in [0.15, 0.2) is 0 Å². The van der Waals surface area contributed by atoms with Gasteiger partial charge in [0.1, 0.15) is 22.7 Å². The van der Waals surface area contributed by atoms with E-state index in [0.717, 1.165) is 18.6 Å². The molecule has 7 nitrogen and oxygen atoms in total. The molecule has 1 fully saturated rings. The Bertz CT molecular complexity index is 1210. The van der Waals surface area contributed by atoms with Gasteiger partial charge in [0.05, 0.1) is 5.56 Å². The van der Waals surface area contributed by atoms with Gasteiger partial charge in [0.2, 0.25) is 5.91 Å². The van der Waals surface area contributed by atoms with Crippen LogP contribution >= 0.6 is 0 Å². The van der Waals surface area contributed by atoms with Crippen LogP contribution in [-0.2, 0) is 17.4 Å². The van der Waals surface area contributed by atoms with Gasteiger partial charge in [-0.3, -0.25) is 4.79 Å². The summed E-state index contributed by atoms with van der Waals surface area (Å²) in [6.45, 7) is 10.3. The number of halogens is 3. The Morgan fingerprint density at radius 2 is 1.80 bits per heavy atom. The Morgan fingerprint density at radius 1 is 1.09 bits per heavy atom. The van der Waals surface area contributed by atoms with Crippen LogP contribution in [0.5, 0.6) is 0 Å². The predicted octanol–water partition coefficient (Wildman–Crippen LogP) is 5.34. The van der Waals surface area contributed by atoms with Crippen LogP contribution in [0.3, 0.4) is 0 Å². The average molecular weight is 490 g/mol. The number of benzene rings is 1. The molecule has 0 spiro atoms. The van der Waals surface area contributed by atoms with Gasteiger partial charge in [-0.15, -0.1) is 0 Å². The van der Waals surface area contributed by atoms with E-state index in [0.29, 0.717) is 56.0 Å². The van der Waals surface area contributed by atoms with Crippen LogP contribution < -0.4 is 4.90 Å². The number of piperazine rings is 1. The summed E-state index contributed by atoms with van der Waals surface area (Å²) in [6.07, 6.45) is -2.54. The molecule has 1 saturated heterocycles. The summed E-state index contributed by atoms with van der Waals surface area (Å²) in [6, 6.07) is 5.00. The molecule has 1 aliphatic heterocycles. The van der Waals surface area contributed by atoms with Crippen molar-refractivity contribution in [3.8, 4) is 11.3 Å². The van der Waals surface area contributed by atoms with Gasteiger partial charge in [0.25, 0.3) is 5.71 Å². The van der Waals surface area contributed by atoms with Crippen LogP contribution in [0.4, 0.5) is 19.0 Å². The number of aromatic nitrogens is 3. The lowest BCUT2D eigenvalue weighted by atomic mass is 9.91. The quantitative estimate of drug-likeness (QED) is 0.482. The van der Waals surface area contributed by atoms with Crippen LogP contribution in [0.1, 0.15) is 51.9 Å². The maximum Gasteiger partial charge on any atom is 0.416 e. The largest absolute Gasteiger partial charge is 0.416 e. The van der Waals surface area contributed by atoms with Crippen molar-refractivity contribution >= 4 is 22.8 Å². The first kappa shape index (κ1) is 24.9. The fourth-order valence-corrected chi connectivity index (χ4v) is 4.22. The summed E-state index contributed by atoms with van der Waals surface area (Å²) in [5.41, 5.74) is -0.0509. The highest BCUT2D eigenvalue weighted by Crippen LogP contribution is 2.37. The minimum atomic E-state index is -4.47. The number of amides is 1. The molecule has 0 aliphatic carbocycles. The maximum atomic E-state index is 13.3. The van der Waals surface area contributed by atoms with Crippen molar-refractivity contribution in [3.63, 3.8) is 0 Å². The van der Waals surface area contributed by atoms with Crippen LogP contribution in [0.2, 0.25) is 0 Å². The van der Waals surface area contributed by atoms with Gasteiger partial charge in [-0.2, -0.15) is 18.2 Å². The molecule has 2 aromatic heterocycles. The molecule has 0 N–H and O–H groups in total. The highest BCUT2D eigenvalue weighted by Gasteiger charge is 2.32. The Hall–Kier alpha value is -3.17. The molecule has 10 heteroatoms. The third-order valence-electron chi connectivity index (χ3n) is 5.91. The molecule has 0 saturated carbocycles. The average Bonchev–Trinajstić information content (AvgIpc) is 3.21. The lowest BCUT2D eigenvalue weighted by Gasteiger charge is -2.36. The molecule has 0 bridgehead atoms. The van der Waals surface area contributed by atoms with Crippen molar-refractivity contribution in [1.29, 1.82) is 0 Å². The Balaban J connectivity index is 1.70. The van der Waals surface area contributed by atoms with E-state index in [1.807, 2.05) is 37.5 Å².